The van der Waals surface area contributed by atoms with Crippen LogP contribution in [0.3, 0.4) is 0 Å². The molecule has 0 radical (unpaired) electrons. The van der Waals surface area contributed by atoms with Crippen molar-refractivity contribution < 1.29 is 9.18 Å². The maximum Gasteiger partial charge on any atom is 0.315 e. The van der Waals surface area contributed by atoms with Crippen LogP contribution in [0.25, 0.3) is 0 Å². The highest BCUT2D eigenvalue weighted by molar-refractivity contribution is 5.73. The van der Waals surface area contributed by atoms with E-state index in [9.17, 15) is 9.18 Å². The molecule has 0 aliphatic heterocycles. The van der Waals surface area contributed by atoms with E-state index in [0.29, 0.717) is 31.4 Å². The standard InChI is InChI=1S/C15H19FN6O/c1-10-8-12(16)3-2-11(10)6-7-17-15(23)18-9-14-19-20-21-22(14)13-4-5-13/h2-3,8,13H,4-7,9H2,1H3,(H2,17,18,23). The zero-order valence-electron chi connectivity index (χ0n) is 12.9. The van der Waals surface area contributed by atoms with Crippen LogP contribution >= 0.6 is 0 Å². The summed E-state index contributed by atoms with van der Waals surface area (Å²) < 4.78 is 14.8. The Labute approximate surface area is 133 Å². The van der Waals surface area contributed by atoms with Crippen LogP contribution in [-0.2, 0) is 13.0 Å². The Hall–Kier alpha value is -2.51. The Morgan fingerprint density at radius 2 is 2.22 bits per heavy atom. The normalized spacial score (nSPS) is 13.8. The molecule has 0 unspecified atom stereocenters. The number of urea groups is 1. The molecule has 1 aliphatic carbocycles. The van der Waals surface area contributed by atoms with Gasteiger partial charge in [-0.05, 0) is 59.9 Å². The quantitative estimate of drug-likeness (QED) is 0.845. The van der Waals surface area contributed by atoms with Gasteiger partial charge < -0.3 is 10.6 Å². The third-order valence-electron chi connectivity index (χ3n) is 3.85. The number of benzene rings is 1. The van der Waals surface area contributed by atoms with E-state index < -0.39 is 0 Å². The third-order valence-corrected chi connectivity index (χ3v) is 3.85. The molecule has 1 aromatic heterocycles. The molecule has 2 amide bonds. The minimum absolute atomic E-state index is 0.245. The van der Waals surface area contributed by atoms with Crippen molar-refractivity contribution in [3.8, 4) is 0 Å². The van der Waals surface area contributed by atoms with Gasteiger partial charge in [0.1, 0.15) is 5.82 Å². The van der Waals surface area contributed by atoms with Gasteiger partial charge in [-0.1, -0.05) is 6.07 Å². The van der Waals surface area contributed by atoms with E-state index >= 15 is 0 Å². The monoisotopic (exact) mass is 318 g/mol. The molecule has 23 heavy (non-hydrogen) atoms. The molecule has 8 heteroatoms. The zero-order valence-corrected chi connectivity index (χ0v) is 12.9. The van der Waals surface area contributed by atoms with E-state index in [1.165, 1.54) is 12.1 Å². The fourth-order valence-corrected chi connectivity index (χ4v) is 2.40. The summed E-state index contributed by atoms with van der Waals surface area (Å²) in [5, 5.41) is 17.0. The number of hydrogen-bond donors (Lipinski definition) is 2. The summed E-state index contributed by atoms with van der Waals surface area (Å²) in [6, 6.07) is 4.78. The van der Waals surface area contributed by atoms with E-state index in [4.69, 9.17) is 0 Å². The van der Waals surface area contributed by atoms with Crippen molar-refractivity contribution in [3.63, 3.8) is 0 Å². The smallest absolute Gasteiger partial charge is 0.315 e. The van der Waals surface area contributed by atoms with Crippen LogP contribution in [0.15, 0.2) is 18.2 Å². The van der Waals surface area contributed by atoms with Crippen molar-refractivity contribution >= 4 is 6.03 Å². The minimum atomic E-state index is -0.268. The molecule has 2 aromatic rings. The van der Waals surface area contributed by atoms with Crippen molar-refractivity contribution in [1.82, 2.24) is 30.8 Å². The summed E-state index contributed by atoms with van der Waals surface area (Å²) >= 11 is 0. The molecule has 0 saturated heterocycles. The Morgan fingerprint density at radius 3 is 2.96 bits per heavy atom. The Balaban J connectivity index is 1.42. The van der Waals surface area contributed by atoms with Gasteiger partial charge in [0.05, 0.1) is 12.6 Å². The first-order chi connectivity index (χ1) is 11.1. The predicted molar refractivity (Wildman–Crippen MR) is 81.2 cm³/mol. The molecule has 3 rings (SSSR count). The van der Waals surface area contributed by atoms with Crippen LogP contribution in [0.5, 0.6) is 0 Å². The fourth-order valence-electron chi connectivity index (χ4n) is 2.40. The summed E-state index contributed by atoms with van der Waals surface area (Å²) in [5.74, 6) is 0.419. The summed E-state index contributed by atoms with van der Waals surface area (Å²) in [5.41, 5.74) is 1.90. The van der Waals surface area contributed by atoms with Crippen LogP contribution in [-0.4, -0.2) is 32.8 Å². The molecule has 0 bridgehead atoms. The molecule has 1 aliphatic rings. The second kappa shape index (κ2) is 6.72. The van der Waals surface area contributed by atoms with Crippen LogP contribution in [0.2, 0.25) is 0 Å². The van der Waals surface area contributed by atoms with Gasteiger partial charge in [0, 0.05) is 6.54 Å². The van der Waals surface area contributed by atoms with Crippen molar-refractivity contribution in [1.29, 1.82) is 0 Å². The first-order valence-electron chi connectivity index (χ1n) is 7.67. The summed E-state index contributed by atoms with van der Waals surface area (Å²) in [7, 11) is 0. The molecule has 0 atom stereocenters. The van der Waals surface area contributed by atoms with Crippen molar-refractivity contribution in [2.75, 3.05) is 6.54 Å². The zero-order chi connectivity index (χ0) is 16.2. The minimum Gasteiger partial charge on any atom is -0.338 e. The van der Waals surface area contributed by atoms with Gasteiger partial charge in [-0.3, -0.25) is 0 Å². The highest BCUT2D eigenvalue weighted by Gasteiger charge is 2.27. The first kappa shape index (κ1) is 15.4. The van der Waals surface area contributed by atoms with Gasteiger partial charge in [-0.25, -0.2) is 13.9 Å². The first-order valence-corrected chi connectivity index (χ1v) is 7.67. The molecule has 1 aromatic carbocycles. The average Bonchev–Trinajstić information content (AvgIpc) is 3.26. The number of carbonyl (C=O) groups excluding carboxylic acids is 1. The molecular weight excluding hydrogens is 299 g/mol. The van der Waals surface area contributed by atoms with Gasteiger partial charge in [0.15, 0.2) is 5.82 Å². The van der Waals surface area contributed by atoms with E-state index in [-0.39, 0.29) is 11.8 Å². The molecule has 2 N–H and O–H groups in total. The number of nitrogens with one attached hydrogen (secondary N) is 2. The number of nitrogens with zero attached hydrogens (tertiary/aromatic N) is 4. The molecule has 1 heterocycles. The lowest BCUT2D eigenvalue weighted by molar-refractivity contribution is 0.240. The molecule has 1 fully saturated rings. The molecule has 0 spiro atoms. The number of rotatable bonds is 6. The lowest BCUT2D eigenvalue weighted by Crippen LogP contribution is -2.36. The highest BCUT2D eigenvalue weighted by Crippen LogP contribution is 2.34. The van der Waals surface area contributed by atoms with Crippen molar-refractivity contribution in [3.05, 3.63) is 41.0 Å². The largest absolute Gasteiger partial charge is 0.338 e. The second-order valence-corrected chi connectivity index (χ2v) is 5.70. The molecule has 7 nitrogen and oxygen atoms in total. The predicted octanol–water partition coefficient (Wildman–Crippen LogP) is 1.50. The van der Waals surface area contributed by atoms with Crippen LogP contribution in [0.1, 0.15) is 35.8 Å². The molecular formula is C15H19FN6O. The number of carbonyl (C=O) groups is 1. The number of aryl methyl sites for hydroxylation is 1. The summed E-state index contributed by atoms with van der Waals surface area (Å²) in [4.78, 5) is 11.8. The maximum absolute atomic E-state index is 13.0. The van der Waals surface area contributed by atoms with Crippen molar-refractivity contribution in [2.24, 2.45) is 0 Å². The summed E-state index contributed by atoms with van der Waals surface area (Å²) in [6.07, 6.45) is 2.82. The van der Waals surface area contributed by atoms with Gasteiger partial charge >= 0.3 is 6.03 Å². The van der Waals surface area contributed by atoms with E-state index in [1.807, 2.05) is 6.92 Å². The van der Waals surface area contributed by atoms with Gasteiger partial charge in [0.2, 0.25) is 0 Å². The maximum atomic E-state index is 13.0. The Morgan fingerprint density at radius 1 is 1.39 bits per heavy atom. The number of halogens is 1. The van der Waals surface area contributed by atoms with Crippen molar-refractivity contribution in [2.45, 2.75) is 38.8 Å². The number of amides is 2. The van der Waals surface area contributed by atoms with Gasteiger partial charge in [-0.15, -0.1) is 5.10 Å². The van der Waals surface area contributed by atoms with Crippen LogP contribution < -0.4 is 10.6 Å². The lowest BCUT2D eigenvalue weighted by Gasteiger charge is -2.09. The van der Waals surface area contributed by atoms with Gasteiger partial charge in [-0.2, -0.15) is 0 Å². The number of tetrazole rings is 1. The molecule has 1 saturated carbocycles. The topological polar surface area (TPSA) is 84.7 Å². The lowest BCUT2D eigenvalue weighted by atomic mass is 10.1. The highest BCUT2D eigenvalue weighted by atomic mass is 19.1. The van der Waals surface area contributed by atoms with E-state index in [0.717, 1.165) is 24.0 Å². The Kier molecular flexibility index (Phi) is 4.50. The fraction of sp³-hybridized carbons (Fsp3) is 0.467. The number of aromatic nitrogens is 4. The SMILES string of the molecule is Cc1cc(F)ccc1CCNC(=O)NCc1nnnn1C1CC1. The third kappa shape index (κ3) is 4.02. The van der Waals surface area contributed by atoms with E-state index in [1.54, 1.807) is 10.7 Å². The van der Waals surface area contributed by atoms with Crippen LogP contribution in [0, 0.1) is 12.7 Å². The number of hydrogen-bond acceptors (Lipinski definition) is 4. The van der Waals surface area contributed by atoms with E-state index in [2.05, 4.69) is 26.2 Å². The van der Waals surface area contributed by atoms with Crippen LogP contribution in [0.4, 0.5) is 9.18 Å². The second-order valence-electron chi connectivity index (χ2n) is 5.70. The molecule has 122 valence electrons. The van der Waals surface area contributed by atoms with Gasteiger partial charge in [0.25, 0.3) is 0 Å². The summed E-state index contributed by atoms with van der Waals surface area (Å²) in [6.45, 7) is 2.63. The average molecular weight is 318 g/mol. The Bertz CT molecular complexity index is 697.